The molecule has 0 aromatic heterocycles. The van der Waals surface area contributed by atoms with E-state index in [1.54, 1.807) is 0 Å². The quantitative estimate of drug-likeness (QED) is 0.739. The number of hydrogen-bond donors (Lipinski definition) is 2. The number of carbonyl (C=O) groups is 1. The third-order valence-corrected chi connectivity index (χ3v) is 5.66. The molecule has 2 N–H and O–H groups in total. The number of urea groups is 1. The summed E-state index contributed by atoms with van der Waals surface area (Å²) in [7, 11) is 0. The van der Waals surface area contributed by atoms with E-state index < -0.39 is 0 Å². The molecule has 2 atom stereocenters. The monoisotopic (exact) mass is 323 g/mol. The molecule has 0 radical (unpaired) electrons. The summed E-state index contributed by atoms with van der Waals surface area (Å²) in [6, 6.07) is 1.12. The van der Waals surface area contributed by atoms with E-state index in [0.29, 0.717) is 12.1 Å². The highest BCUT2D eigenvalue weighted by atomic mass is 16.5. The first-order chi connectivity index (χ1) is 11.3. The molecule has 0 aromatic rings. The van der Waals surface area contributed by atoms with Gasteiger partial charge in [-0.25, -0.2) is 4.79 Å². The van der Waals surface area contributed by atoms with Crippen molar-refractivity contribution in [1.82, 2.24) is 15.5 Å². The Morgan fingerprint density at radius 2 is 1.91 bits per heavy atom. The number of rotatable bonds is 6. The fraction of sp³-hybridized carbons (Fsp3) is 0.944. The molecule has 1 saturated carbocycles. The van der Waals surface area contributed by atoms with Gasteiger partial charge in [-0.3, -0.25) is 4.90 Å². The van der Waals surface area contributed by atoms with Gasteiger partial charge in [0.05, 0.1) is 6.10 Å². The molecule has 3 aliphatic rings. The van der Waals surface area contributed by atoms with Gasteiger partial charge in [0.2, 0.25) is 0 Å². The van der Waals surface area contributed by atoms with E-state index in [-0.39, 0.29) is 6.03 Å². The Kier molecular flexibility index (Phi) is 6.57. The zero-order valence-electron chi connectivity index (χ0n) is 14.4. The molecule has 0 spiro atoms. The average Bonchev–Trinajstić information content (AvgIpc) is 3.24. The normalized spacial score (nSPS) is 29.7. The largest absolute Gasteiger partial charge is 0.378 e. The lowest BCUT2D eigenvalue weighted by Crippen LogP contribution is -2.44. The predicted octanol–water partition coefficient (Wildman–Crippen LogP) is 2.65. The number of nitrogens with one attached hydrogen (secondary N) is 2. The molecule has 3 fully saturated rings. The van der Waals surface area contributed by atoms with Gasteiger partial charge >= 0.3 is 6.03 Å². The van der Waals surface area contributed by atoms with Gasteiger partial charge in [0.15, 0.2) is 0 Å². The van der Waals surface area contributed by atoms with E-state index in [4.69, 9.17) is 4.74 Å². The first-order valence-electron chi connectivity index (χ1n) is 9.71. The molecule has 132 valence electrons. The van der Waals surface area contributed by atoms with Crippen LogP contribution in [0.5, 0.6) is 0 Å². The molecule has 2 amide bonds. The number of likely N-dealkylation sites (tertiary alicyclic amines) is 1. The van der Waals surface area contributed by atoms with Gasteiger partial charge in [-0.15, -0.1) is 0 Å². The van der Waals surface area contributed by atoms with E-state index in [0.717, 1.165) is 51.5 Å². The Hall–Kier alpha value is -0.810. The van der Waals surface area contributed by atoms with Crippen molar-refractivity contribution in [2.24, 2.45) is 0 Å². The molecule has 0 aromatic carbocycles. The van der Waals surface area contributed by atoms with Crippen molar-refractivity contribution in [3.05, 3.63) is 0 Å². The van der Waals surface area contributed by atoms with Crippen LogP contribution in [0.25, 0.3) is 0 Å². The zero-order chi connectivity index (χ0) is 15.9. The van der Waals surface area contributed by atoms with Crippen molar-refractivity contribution in [3.63, 3.8) is 0 Å². The molecule has 0 bridgehead atoms. The minimum atomic E-state index is 0.00725. The molecular formula is C18H33N3O2. The third-order valence-electron chi connectivity index (χ3n) is 5.66. The van der Waals surface area contributed by atoms with Crippen LogP contribution in [0.15, 0.2) is 0 Å². The Bertz CT molecular complexity index is 365. The Labute approximate surface area is 140 Å². The third kappa shape index (κ3) is 5.35. The lowest BCUT2D eigenvalue weighted by atomic mass is 10.0. The van der Waals surface area contributed by atoms with Gasteiger partial charge < -0.3 is 15.4 Å². The topological polar surface area (TPSA) is 53.6 Å². The number of carbonyl (C=O) groups excluding carboxylic acids is 1. The molecular weight excluding hydrogens is 290 g/mol. The van der Waals surface area contributed by atoms with Crippen LogP contribution in [-0.2, 0) is 4.74 Å². The van der Waals surface area contributed by atoms with Crippen molar-refractivity contribution in [3.8, 4) is 0 Å². The molecule has 3 rings (SSSR count). The van der Waals surface area contributed by atoms with Crippen molar-refractivity contribution >= 4 is 6.03 Å². The molecule has 5 heteroatoms. The van der Waals surface area contributed by atoms with Gasteiger partial charge in [-0.05, 0) is 51.4 Å². The second-order valence-corrected chi connectivity index (χ2v) is 7.45. The maximum absolute atomic E-state index is 12.0. The summed E-state index contributed by atoms with van der Waals surface area (Å²) in [4.78, 5) is 14.6. The van der Waals surface area contributed by atoms with E-state index in [1.165, 1.54) is 44.9 Å². The van der Waals surface area contributed by atoms with Crippen molar-refractivity contribution in [2.75, 3.05) is 26.2 Å². The standard InChI is InChI=1S/C18H33N3O2/c22-18(19-11-5-9-17-8-3-4-13-23-17)20-15-10-12-21(14-15)16-6-1-2-7-16/h15-17H,1-14H2,(H2,19,20,22)/t15-,17-/m1/s1. The first-order valence-corrected chi connectivity index (χ1v) is 9.71. The summed E-state index contributed by atoms with van der Waals surface area (Å²) >= 11 is 0. The minimum absolute atomic E-state index is 0.00725. The average molecular weight is 323 g/mol. The lowest BCUT2D eigenvalue weighted by molar-refractivity contribution is 0.0103. The zero-order valence-corrected chi connectivity index (χ0v) is 14.4. The number of amides is 2. The van der Waals surface area contributed by atoms with E-state index in [9.17, 15) is 4.79 Å². The molecule has 5 nitrogen and oxygen atoms in total. The number of nitrogens with zero attached hydrogens (tertiary/aromatic N) is 1. The lowest BCUT2D eigenvalue weighted by Gasteiger charge is -2.23. The highest BCUT2D eigenvalue weighted by molar-refractivity contribution is 5.74. The van der Waals surface area contributed by atoms with Gasteiger partial charge in [-0.1, -0.05) is 12.8 Å². The maximum atomic E-state index is 12.0. The van der Waals surface area contributed by atoms with Crippen LogP contribution >= 0.6 is 0 Å². The van der Waals surface area contributed by atoms with Crippen molar-refractivity contribution in [1.29, 1.82) is 0 Å². The Morgan fingerprint density at radius 3 is 2.70 bits per heavy atom. The molecule has 1 aliphatic carbocycles. The van der Waals surface area contributed by atoms with Crippen LogP contribution in [-0.4, -0.2) is 55.4 Å². The van der Waals surface area contributed by atoms with E-state index in [2.05, 4.69) is 15.5 Å². The molecule has 2 heterocycles. The van der Waals surface area contributed by atoms with E-state index in [1.807, 2.05) is 0 Å². The summed E-state index contributed by atoms with van der Waals surface area (Å²) in [6.07, 6.45) is 12.7. The summed E-state index contributed by atoms with van der Waals surface area (Å²) in [5.41, 5.74) is 0. The Morgan fingerprint density at radius 1 is 1.09 bits per heavy atom. The first kappa shape index (κ1) is 17.0. The van der Waals surface area contributed by atoms with Crippen LogP contribution in [0.1, 0.15) is 64.2 Å². The van der Waals surface area contributed by atoms with Crippen LogP contribution in [0.3, 0.4) is 0 Å². The van der Waals surface area contributed by atoms with Crippen molar-refractivity contribution < 1.29 is 9.53 Å². The van der Waals surface area contributed by atoms with Crippen molar-refractivity contribution in [2.45, 2.75) is 82.4 Å². The molecule has 23 heavy (non-hydrogen) atoms. The van der Waals surface area contributed by atoms with Gasteiger partial charge in [-0.2, -0.15) is 0 Å². The van der Waals surface area contributed by atoms with Gasteiger partial charge in [0.25, 0.3) is 0 Å². The minimum Gasteiger partial charge on any atom is -0.378 e. The Balaban J connectivity index is 1.25. The highest BCUT2D eigenvalue weighted by Gasteiger charge is 2.30. The van der Waals surface area contributed by atoms with Crippen LogP contribution < -0.4 is 10.6 Å². The second-order valence-electron chi connectivity index (χ2n) is 7.45. The highest BCUT2D eigenvalue weighted by Crippen LogP contribution is 2.26. The second kappa shape index (κ2) is 8.88. The van der Waals surface area contributed by atoms with Crippen LogP contribution in [0.4, 0.5) is 4.79 Å². The van der Waals surface area contributed by atoms with Gasteiger partial charge in [0.1, 0.15) is 0 Å². The predicted molar refractivity (Wildman–Crippen MR) is 91.6 cm³/mol. The van der Waals surface area contributed by atoms with Crippen LogP contribution in [0.2, 0.25) is 0 Å². The maximum Gasteiger partial charge on any atom is 0.315 e. The summed E-state index contributed by atoms with van der Waals surface area (Å²) in [5.74, 6) is 0. The summed E-state index contributed by atoms with van der Waals surface area (Å²) in [6.45, 7) is 3.85. The van der Waals surface area contributed by atoms with E-state index >= 15 is 0 Å². The van der Waals surface area contributed by atoms with Gasteiger partial charge in [0, 0.05) is 38.3 Å². The summed E-state index contributed by atoms with van der Waals surface area (Å²) in [5, 5.41) is 6.16. The number of hydrogen-bond acceptors (Lipinski definition) is 3. The molecule has 2 aliphatic heterocycles. The van der Waals surface area contributed by atoms with Crippen LogP contribution in [0, 0.1) is 0 Å². The fourth-order valence-electron chi connectivity index (χ4n) is 4.31. The fourth-order valence-corrected chi connectivity index (χ4v) is 4.31. The molecule has 2 saturated heterocycles. The smallest absolute Gasteiger partial charge is 0.315 e. The summed E-state index contributed by atoms with van der Waals surface area (Å²) < 4.78 is 5.72. The molecule has 0 unspecified atom stereocenters. The number of ether oxygens (including phenoxy) is 1. The SMILES string of the molecule is O=C(NCCC[C@H]1CCCCO1)N[C@@H]1CCN(C2CCCC2)C1.